The number of pyridine rings is 1. The summed E-state index contributed by atoms with van der Waals surface area (Å²) in [7, 11) is 4.52. The number of Topliss-reactive ketones (excluding diaryl/α,β-unsaturated/α-hetero) is 1. The van der Waals surface area contributed by atoms with Crippen LogP contribution < -0.4 is 15.8 Å². The minimum absolute atomic E-state index is 0.168. The third-order valence-corrected chi connectivity index (χ3v) is 6.45. The standard InChI is InChI=1S/C24H28ClN5O5S/c1-24(2,3)23(34)30-19(26-12-14-7-9-18(25)36-14)11-16(27-30)15-8-10-20(28(4)5)29(21(15)32)13-17(31)22(33)35-6/h7-11,26H,12-13H2,1-6H3. The van der Waals surface area contributed by atoms with Gasteiger partial charge in [-0.3, -0.25) is 19.0 Å². The molecule has 3 heterocycles. The lowest BCUT2D eigenvalue weighted by atomic mass is 9.96. The highest BCUT2D eigenvalue weighted by atomic mass is 35.5. The fraction of sp³-hybridized carbons (Fsp3) is 0.375. The van der Waals surface area contributed by atoms with E-state index in [1.165, 1.54) is 20.6 Å². The van der Waals surface area contributed by atoms with E-state index in [0.717, 1.165) is 12.0 Å². The van der Waals surface area contributed by atoms with Crippen LogP contribution in [0, 0.1) is 5.41 Å². The SMILES string of the molecule is COC(=O)C(=O)Cn1c(N(C)C)ccc(-c2cc(NCc3ccc(Cl)s3)n(C(=O)C(C)(C)C)n2)c1=O. The smallest absolute Gasteiger partial charge is 0.376 e. The van der Waals surface area contributed by atoms with Crippen LogP contribution in [0.2, 0.25) is 4.34 Å². The third-order valence-electron chi connectivity index (χ3n) is 5.22. The number of anilines is 2. The van der Waals surface area contributed by atoms with E-state index >= 15 is 0 Å². The van der Waals surface area contributed by atoms with E-state index < -0.39 is 29.3 Å². The van der Waals surface area contributed by atoms with E-state index in [9.17, 15) is 19.2 Å². The van der Waals surface area contributed by atoms with Gasteiger partial charge in [-0.05, 0) is 24.3 Å². The molecule has 0 bridgehead atoms. The van der Waals surface area contributed by atoms with Crippen molar-refractivity contribution in [1.29, 1.82) is 0 Å². The Morgan fingerprint density at radius 3 is 2.42 bits per heavy atom. The summed E-state index contributed by atoms with van der Waals surface area (Å²) in [5, 5.41) is 7.65. The summed E-state index contributed by atoms with van der Waals surface area (Å²) in [5.74, 6) is -1.36. The number of aromatic nitrogens is 3. The Hall–Kier alpha value is -3.44. The molecule has 0 aliphatic carbocycles. The highest BCUT2D eigenvalue weighted by Crippen LogP contribution is 2.27. The molecule has 3 rings (SSSR count). The van der Waals surface area contributed by atoms with Crippen LogP contribution in [0.1, 0.15) is 30.4 Å². The molecule has 0 saturated heterocycles. The average Bonchev–Trinajstić information content (AvgIpc) is 3.42. The summed E-state index contributed by atoms with van der Waals surface area (Å²) in [6.07, 6.45) is 0. The van der Waals surface area contributed by atoms with Gasteiger partial charge in [-0.2, -0.15) is 9.78 Å². The molecule has 0 spiro atoms. The lowest BCUT2D eigenvalue weighted by Crippen LogP contribution is -2.33. The number of halogens is 1. The van der Waals surface area contributed by atoms with Gasteiger partial charge in [0.25, 0.3) is 17.2 Å². The van der Waals surface area contributed by atoms with E-state index in [-0.39, 0.29) is 17.2 Å². The number of carbonyl (C=O) groups excluding carboxylic acids is 3. The van der Waals surface area contributed by atoms with E-state index in [4.69, 9.17) is 11.6 Å². The maximum atomic E-state index is 13.5. The molecule has 3 aromatic heterocycles. The van der Waals surface area contributed by atoms with Crippen LogP contribution in [0.25, 0.3) is 11.3 Å². The molecule has 0 atom stereocenters. The van der Waals surface area contributed by atoms with Crippen molar-refractivity contribution in [2.24, 2.45) is 5.41 Å². The van der Waals surface area contributed by atoms with Crippen LogP contribution in [0.3, 0.4) is 0 Å². The second-order valence-electron chi connectivity index (χ2n) is 9.25. The topological polar surface area (TPSA) is 116 Å². The second-order valence-corrected chi connectivity index (χ2v) is 11.0. The van der Waals surface area contributed by atoms with Crippen molar-refractivity contribution in [3.63, 3.8) is 0 Å². The summed E-state index contributed by atoms with van der Waals surface area (Å²) in [5.41, 5.74) is -0.869. The summed E-state index contributed by atoms with van der Waals surface area (Å²) in [6.45, 7) is 5.22. The highest BCUT2D eigenvalue weighted by Gasteiger charge is 2.28. The maximum absolute atomic E-state index is 13.5. The minimum atomic E-state index is -1.04. The molecule has 3 aromatic rings. The van der Waals surface area contributed by atoms with Gasteiger partial charge in [0.05, 0.1) is 30.1 Å². The maximum Gasteiger partial charge on any atom is 0.376 e. The Labute approximate surface area is 217 Å². The Morgan fingerprint density at radius 1 is 1.17 bits per heavy atom. The third kappa shape index (κ3) is 5.85. The first kappa shape index (κ1) is 27.2. The van der Waals surface area contributed by atoms with E-state index in [0.29, 0.717) is 22.5 Å². The molecule has 0 fully saturated rings. The number of nitrogens with one attached hydrogen (secondary N) is 1. The molecular weight excluding hydrogens is 506 g/mol. The van der Waals surface area contributed by atoms with Gasteiger partial charge < -0.3 is 15.0 Å². The molecule has 0 amide bonds. The van der Waals surface area contributed by atoms with Crippen molar-refractivity contribution in [1.82, 2.24) is 14.3 Å². The van der Waals surface area contributed by atoms with Crippen molar-refractivity contribution in [2.75, 3.05) is 31.4 Å². The number of ether oxygens (including phenoxy) is 1. The number of esters is 1. The lowest BCUT2D eigenvalue weighted by Gasteiger charge is -2.19. The molecule has 36 heavy (non-hydrogen) atoms. The second kappa shape index (κ2) is 10.7. The predicted molar refractivity (Wildman–Crippen MR) is 140 cm³/mol. The monoisotopic (exact) mass is 533 g/mol. The van der Waals surface area contributed by atoms with Crippen molar-refractivity contribution in [3.05, 3.63) is 49.9 Å². The first-order valence-corrected chi connectivity index (χ1v) is 12.2. The van der Waals surface area contributed by atoms with E-state index in [2.05, 4.69) is 15.2 Å². The minimum Gasteiger partial charge on any atom is -0.463 e. The van der Waals surface area contributed by atoms with Gasteiger partial charge in [-0.1, -0.05) is 32.4 Å². The first-order valence-electron chi connectivity index (χ1n) is 11.0. The Bertz CT molecular complexity index is 1370. The Balaban J connectivity index is 2.09. The molecule has 12 heteroatoms. The zero-order valence-corrected chi connectivity index (χ0v) is 22.5. The van der Waals surface area contributed by atoms with E-state index in [1.807, 2.05) is 6.07 Å². The van der Waals surface area contributed by atoms with Crippen LogP contribution >= 0.6 is 22.9 Å². The van der Waals surface area contributed by atoms with Crippen molar-refractivity contribution >= 4 is 52.2 Å². The number of ketones is 1. The highest BCUT2D eigenvalue weighted by molar-refractivity contribution is 7.16. The van der Waals surface area contributed by atoms with Crippen LogP contribution in [-0.2, 0) is 27.4 Å². The van der Waals surface area contributed by atoms with Gasteiger partial charge in [0.2, 0.25) is 0 Å². The van der Waals surface area contributed by atoms with Crippen LogP contribution in [-0.4, -0.2) is 53.2 Å². The summed E-state index contributed by atoms with van der Waals surface area (Å²) < 4.78 is 7.57. The number of hydrogen-bond donors (Lipinski definition) is 1. The summed E-state index contributed by atoms with van der Waals surface area (Å²) >= 11 is 7.43. The molecule has 10 nitrogen and oxygen atoms in total. The quantitative estimate of drug-likeness (QED) is 0.345. The van der Waals surface area contributed by atoms with Gasteiger partial charge in [-0.25, -0.2) is 4.79 Å². The van der Waals surface area contributed by atoms with Crippen molar-refractivity contribution in [3.8, 4) is 11.3 Å². The fourth-order valence-electron chi connectivity index (χ4n) is 3.36. The zero-order chi connectivity index (χ0) is 26.8. The van der Waals surface area contributed by atoms with Crippen LogP contribution in [0.5, 0.6) is 0 Å². The number of nitrogens with zero attached hydrogens (tertiary/aromatic N) is 4. The molecule has 0 aliphatic rings. The first-order chi connectivity index (χ1) is 16.8. The molecule has 0 aliphatic heterocycles. The van der Waals surface area contributed by atoms with E-state index in [1.54, 1.807) is 64.0 Å². The van der Waals surface area contributed by atoms with Crippen molar-refractivity contribution < 1.29 is 19.1 Å². The predicted octanol–water partition coefficient (Wildman–Crippen LogP) is 3.53. The number of hydrogen-bond acceptors (Lipinski definition) is 9. The lowest BCUT2D eigenvalue weighted by molar-refractivity contribution is -0.151. The van der Waals surface area contributed by atoms with Gasteiger partial charge in [-0.15, -0.1) is 11.3 Å². The van der Waals surface area contributed by atoms with Gasteiger partial charge in [0.1, 0.15) is 17.3 Å². The number of methoxy groups -OCH3 is 1. The average molecular weight is 534 g/mol. The normalized spacial score (nSPS) is 11.3. The number of thiophene rings is 1. The molecule has 0 radical (unpaired) electrons. The molecule has 0 aromatic carbocycles. The van der Waals surface area contributed by atoms with Crippen LogP contribution in [0.4, 0.5) is 11.6 Å². The molecule has 1 N–H and O–H groups in total. The van der Waals surface area contributed by atoms with Gasteiger partial charge in [0, 0.05) is 30.5 Å². The number of carbonyl (C=O) groups is 3. The Morgan fingerprint density at radius 2 is 1.86 bits per heavy atom. The summed E-state index contributed by atoms with van der Waals surface area (Å²) in [4.78, 5) is 53.2. The summed E-state index contributed by atoms with van der Waals surface area (Å²) in [6, 6.07) is 8.50. The van der Waals surface area contributed by atoms with Gasteiger partial charge in [0.15, 0.2) is 0 Å². The van der Waals surface area contributed by atoms with Crippen molar-refractivity contribution in [2.45, 2.75) is 33.9 Å². The zero-order valence-electron chi connectivity index (χ0n) is 20.9. The molecule has 0 unspecified atom stereocenters. The Kier molecular flexibility index (Phi) is 8.05. The molecular formula is C24H28ClN5O5S. The molecule has 192 valence electrons. The largest absolute Gasteiger partial charge is 0.463 e. The number of rotatable bonds is 8. The van der Waals surface area contributed by atoms with Gasteiger partial charge >= 0.3 is 5.97 Å². The van der Waals surface area contributed by atoms with Crippen LogP contribution in [0.15, 0.2) is 35.1 Å². The molecule has 0 saturated carbocycles. The fourth-order valence-corrected chi connectivity index (χ4v) is 4.39.